The Hall–Kier alpha value is -3.75. The minimum Gasteiger partial charge on any atom is -0.454 e. The molecule has 0 aliphatic carbocycles. The van der Waals surface area contributed by atoms with Crippen molar-refractivity contribution in [2.45, 2.75) is 0 Å². The van der Waals surface area contributed by atoms with Crippen molar-refractivity contribution in [3.63, 3.8) is 0 Å². The van der Waals surface area contributed by atoms with E-state index in [0.717, 1.165) is 0 Å². The molecule has 0 fully saturated rings. The number of anilines is 2. The molecule has 28 heavy (non-hydrogen) atoms. The summed E-state index contributed by atoms with van der Waals surface area (Å²) in [7, 11) is 2.87. The lowest BCUT2D eigenvalue weighted by Gasteiger charge is -2.16. The Morgan fingerprint density at radius 3 is 2.50 bits per heavy atom. The maximum Gasteiger partial charge on any atom is 0.413 e. The number of methoxy groups -OCH3 is 1. The quantitative estimate of drug-likeness (QED) is 0.815. The van der Waals surface area contributed by atoms with Crippen LogP contribution in [-0.4, -0.2) is 45.4 Å². The van der Waals surface area contributed by atoms with Crippen molar-refractivity contribution in [2.24, 2.45) is 0 Å². The molecule has 0 radical (unpaired) electrons. The number of carbonyl (C=O) groups is 3. The third-order valence-corrected chi connectivity index (χ3v) is 4.03. The smallest absolute Gasteiger partial charge is 0.413 e. The SMILES string of the molecule is COC(=O)N(C)c1ccc(NC(=O)CNC(=O)c2ccc3c(c2)OCO3)cc1. The van der Waals surface area contributed by atoms with E-state index in [0.29, 0.717) is 28.4 Å². The molecule has 9 heteroatoms. The molecule has 146 valence electrons. The van der Waals surface area contributed by atoms with Crippen molar-refractivity contribution >= 4 is 29.3 Å². The Morgan fingerprint density at radius 2 is 1.79 bits per heavy atom. The number of hydrogen-bond donors (Lipinski definition) is 2. The van der Waals surface area contributed by atoms with Crippen LogP contribution in [0.15, 0.2) is 42.5 Å². The van der Waals surface area contributed by atoms with Crippen molar-refractivity contribution < 1.29 is 28.6 Å². The molecule has 3 amide bonds. The molecule has 1 aliphatic rings. The first-order valence-electron chi connectivity index (χ1n) is 8.37. The normalized spacial score (nSPS) is 11.5. The first-order chi connectivity index (χ1) is 13.5. The molecule has 2 N–H and O–H groups in total. The van der Waals surface area contributed by atoms with Gasteiger partial charge in [0.05, 0.1) is 13.7 Å². The Kier molecular flexibility index (Phi) is 5.64. The minimum atomic E-state index is -0.497. The zero-order chi connectivity index (χ0) is 20.1. The van der Waals surface area contributed by atoms with Crippen LogP contribution >= 0.6 is 0 Å². The van der Waals surface area contributed by atoms with E-state index in [2.05, 4.69) is 15.4 Å². The monoisotopic (exact) mass is 385 g/mol. The predicted octanol–water partition coefficient (Wildman–Crippen LogP) is 1.99. The summed E-state index contributed by atoms with van der Waals surface area (Å²) in [6, 6.07) is 11.4. The van der Waals surface area contributed by atoms with Crippen LogP contribution in [0.4, 0.5) is 16.2 Å². The molecule has 0 aromatic heterocycles. The highest BCUT2D eigenvalue weighted by Gasteiger charge is 2.16. The summed E-state index contributed by atoms with van der Waals surface area (Å²) < 4.78 is 15.1. The first-order valence-corrected chi connectivity index (χ1v) is 8.37. The van der Waals surface area contributed by atoms with Gasteiger partial charge >= 0.3 is 6.09 Å². The van der Waals surface area contributed by atoms with Gasteiger partial charge in [-0.05, 0) is 42.5 Å². The third-order valence-electron chi connectivity index (χ3n) is 4.03. The van der Waals surface area contributed by atoms with Crippen molar-refractivity contribution in [1.82, 2.24) is 5.32 Å². The van der Waals surface area contributed by atoms with Gasteiger partial charge in [0, 0.05) is 24.0 Å². The van der Waals surface area contributed by atoms with E-state index in [9.17, 15) is 14.4 Å². The zero-order valence-electron chi connectivity index (χ0n) is 15.4. The van der Waals surface area contributed by atoms with Gasteiger partial charge in [-0.25, -0.2) is 4.79 Å². The Labute approximate surface area is 161 Å². The van der Waals surface area contributed by atoms with Gasteiger partial charge in [0.15, 0.2) is 11.5 Å². The molecule has 2 aromatic rings. The van der Waals surface area contributed by atoms with Crippen LogP contribution in [0.3, 0.4) is 0 Å². The molecule has 0 spiro atoms. The molecule has 0 bridgehead atoms. The standard InChI is InChI=1S/C19H19N3O6/c1-22(19(25)26-2)14-6-4-13(5-7-14)21-17(23)10-20-18(24)12-3-8-15-16(9-12)28-11-27-15/h3-9H,10-11H2,1-2H3,(H,20,24)(H,21,23). The Morgan fingerprint density at radius 1 is 1.07 bits per heavy atom. The molecule has 1 heterocycles. The minimum absolute atomic E-state index is 0.122. The van der Waals surface area contributed by atoms with E-state index < -0.39 is 12.0 Å². The van der Waals surface area contributed by atoms with Crippen LogP contribution in [0.2, 0.25) is 0 Å². The number of rotatable bonds is 5. The second-order valence-electron chi connectivity index (χ2n) is 5.87. The maximum absolute atomic E-state index is 12.2. The average Bonchev–Trinajstić information content (AvgIpc) is 3.19. The number of nitrogens with zero attached hydrogens (tertiary/aromatic N) is 1. The maximum atomic E-state index is 12.2. The van der Waals surface area contributed by atoms with Crippen molar-refractivity contribution in [3.05, 3.63) is 48.0 Å². The fourth-order valence-electron chi connectivity index (χ4n) is 2.52. The van der Waals surface area contributed by atoms with Crippen LogP contribution < -0.4 is 25.0 Å². The lowest BCUT2D eigenvalue weighted by molar-refractivity contribution is -0.115. The molecule has 3 rings (SSSR count). The predicted molar refractivity (Wildman–Crippen MR) is 101 cm³/mol. The second-order valence-corrected chi connectivity index (χ2v) is 5.87. The van der Waals surface area contributed by atoms with E-state index in [1.165, 1.54) is 12.0 Å². The van der Waals surface area contributed by atoms with E-state index in [4.69, 9.17) is 9.47 Å². The second kappa shape index (κ2) is 8.30. The number of benzene rings is 2. The van der Waals surface area contributed by atoms with Crippen LogP contribution in [-0.2, 0) is 9.53 Å². The molecule has 0 atom stereocenters. The number of carbonyl (C=O) groups excluding carboxylic acids is 3. The van der Waals surface area contributed by atoms with Gasteiger partial charge in [0.2, 0.25) is 12.7 Å². The highest BCUT2D eigenvalue weighted by atomic mass is 16.7. The van der Waals surface area contributed by atoms with Gasteiger partial charge in [0.1, 0.15) is 0 Å². The summed E-state index contributed by atoms with van der Waals surface area (Å²) in [4.78, 5) is 37.0. The van der Waals surface area contributed by atoms with E-state index in [1.54, 1.807) is 49.5 Å². The summed E-state index contributed by atoms with van der Waals surface area (Å²) in [6.07, 6.45) is -0.497. The van der Waals surface area contributed by atoms with Crippen molar-refractivity contribution in [1.29, 1.82) is 0 Å². The lowest BCUT2D eigenvalue weighted by atomic mass is 10.2. The molecular formula is C19H19N3O6. The summed E-state index contributed by atoms with van der Waals surface area (Å²) in [5.41, 5.74) is 1.51. The van der Waals surface area contributed by atoms with Crippen LogP contribution in [0.25, 0.3) is 0 Å². The molecule has 9 nitrogen and oxygen atoms in total. The largest absolute Gasteiger partial charge is 0.454 e. The Bertz CT molecular complexity index is 897. The lowest BCUT2D eigenvalue weighted by Crippen LogP contribution is -2.32. The highest BCUT2D eigenvalue weighted by molar-refractivity contribution is 5.99. The summed E-state index contributed by atoms with van der Waals surface area (Å²) in [5, 5.41) is 5.21. The summed E-state index contributed by atoms with van der Waals surface area (Å²) in [6.45, 7) is -0.0753. The van der Waals surface area contributed by atoms with E-state index in [1.807, 2.05) is 0 Å². The van der Waals surface area contributed by atoms with Gasteiger partial charge in [-0.15, -0.1) is 0 Å². The number of hydrogen-bond acceptors (Lipinski definition) is 6. The number of ether oxygens (including phenoxy) is 3. The van der Waals surface area contributed by atoms with Crippen molar-refractivity contribution in [2.75, 3.05) is 37.7 Å². The number of nitrogens with one attached hydrogen (secondary N) is 2. The summed E-state index contributed by atoms with van der Waals surface area (Å²) >= 11 is 0. The van der Waals surface area contributed by atoms with Crippen LogP contribution in [0.5, 0.6) is 11.5 Å². The number of amides is 3. The Balaban J connectivity index is 1.51. The first kappa shape index (κ1) is 19.0. The fraction of sp³-hybridized carbons (Fsp3) is 0.211. The molecule has 0 saturated heterocycles. The van der Waals surface area contributed by atoms with Gasteiger partial charge in [-0.3, -0.25) is 14.5 Å². The van der Waals surface area contributed by atoms with E-state index >= 15 is 0 Å². The molecule has 0 unspecified atom stereocenters. The van der Waals surface area contributed by atoms with Crippen LogP contribution in [0, 0.1) is 0 Å². The molecule has 0 saturated carbocycles. The zero-order valence-corrected chi connectivity index (χ0v) is 15.4. The molecule has 2 aromatic carbocycles. The van der Waals surface area contributed by atoms with Gasteiger partial charge in [0.25, 0.3) is 5.91 Å². The van der Waals surface area contributed by atoms with E-state index in [-0.39, 0.29) is 19.2 Å². The third kappa shape index (κ3) is 4.32. The number of fused-ring (bicyclic) bond motifs is 1. The van der Waals surface area contributed by atoms with Gasteiger partial charge in [-0.1, -0.05) is 0 Å². The van der Waals surface area contributed by atoms with Crippen molar-refractivity contribution in [3.8, 4) is 11.5 Å². The fourth-order valence-corrected chi connectivity index (χ4v) is 2.52. The summed E-state index contributed by atoms with van der Waals surface area (Å²) in [5.74, 6) is 0.288. The van der Waals surface area contributed by atoms with Gasteiger partial charge in [-0.2, -0.15) is 0 Å². The van der Waals surface area contributed by atoms with Crippen LogP contribution in [0.1, 0.15) is 10.4 Å². The average molecular weight is 385 g/mol. The highest BCUT2D eigenvalue weighted by Crippen LogP contribution is 2.32. The molecule has 1 aliphatic heterocycles. The molecular weight excluding hydrogens is 366 g/mol. The van der Waals surface area contributed by atoms with Gasteiger partial charge < -0.3 is 24.8 Å². The topological polar surface area (TPSA) is 106 Å².